The molecule has 0 aliphatic rings. The lowest BCUT2D eigenvalue weighted by Gasteiger charge is -2.17. The number of aryl methyl sites for hydroxylation is 2. The number of nitrogens with two attached hydrogens (primary N) is 2. The van der Waals surface area contributed by atoms with Gasteiger partial charge in [0.1, 0.15) is 17.5 Å². The van der Waals surface area contributed by atoms with Crippen LogP contribution in [0.25, 0.3) is 22.2 Å². The Morgan fingerprint density at radius 2 is 1.97 bits per heavy atom. The molecule has 7 heteroatoms. The molecule has 1 aromatic carbocycles. The van der Waals surface area contributed by atoms with Crippen LogP contribution >= 0.6 is 0 Å². The summed E-state index contributed by atoms with van der Waals surface area (Å²) in [5, 5.41) is 10.3. The van der Waals surface area contributed by atoms with Crippen molar-refractivity contribution >= 4 is 22.6 Å². The summed E-state index contributed by atoms with van der Waals surface area (Å²) < 4.78 is 7.34. The number of benzene rings is 1. The number of nitrogens with zero attached hydrogens (tertiary/aromatic N) is 3. The first-order valence-corrected chi connectivity index (χ1v) is 9.52. The van der Waals surface area contributed by atoms with Gasteiger partial charge in [0, 0.05) is 23.7 Å². The fourth-order valence-corrected chi connectivity index (χ4v) is 3.54. The van der Waals surface area contributed by atoms with Crippen molar-refractivity contribution in [1.29, 1.82) is 5.26 Å². The van der Waals surface area contributed by atoms with Crippen LogP contribution < -0.4 is 16.2 Å². The number of rotatable bonds is 4. The number of amides is 1. The number of hydrogen-bond acceptors (Lipinski definition) is 5. The summed E-state index contributed by atoms with van der Waals surface area (Å²) in [6.07, 6.45) is 1.71. The second-order valence-electron chi connectivity index (χ2n) is 6.34. The van der Waals surface area contributed by atoms with E-state index in [9.17, 15) is 10.1 Å². The van der Waals surface area contributed by atoms with Crippen LogP contribution in [0.5, 0.6) is 5.75 Å². The van der Waals surface area contributed by atoms with E-state index in [0.717, 1.165) is 22.4 Å². The quantitative estimate of drug-likeness (QED) is 0.696. The molecular weight excluding hydrogens is 366 g/mol. The normalized spacial score (nSPS) is 10.2. The molecule has 0 aliphatic carbocycles. The number of carbonyl (C=O) groups is 1. The Balaban J connectivity index is 0.00000145. The van der Waals surface area contributed by atoms with Gasteiger partial charge in [-0.15, -0.1) is 0 Å². The van der Waals surface area contributed by atoms with Crippen molar-refractivity contribution < 1.29 is 9.53 Å². The van der Waals surface area contributed by atoms with Crippen LogP contribution in [-0.2, 0) is 6.54 Å². The largest absolute Gasteiger partial charge is 0.496 e. The Bertz CT molecular complexity index is 1120. The third-order valence-electron chi connectivity index (χ3n) is 4.81. The van der Waals surface area contributed by atoms with Gasteiger partial charge in [0.15, 0.2) is 5.69 Å². The molecule has 0 fully saturated rings. The third kappa shape index (κ3) is 3.49. The summed E-state index contributed by atoms with van der Waals surface area (Å²) in [6.45, 7) is 10.4. The summed E-state index contributed by atoms with van der Waals surface area (Å²) in [5.41, 5.74) is 16.1. The Morgan fingerprint density at radius 3 is 2.48 bits per heavy atom. The smallest absolute Gasteiger partial charge is 0.269 e. The van der Waals surface area contributed by atoms with Crippen molar-refractivity contribution in [2.75, 3.05) is 12.8 Å². The van der Waals surface area contributed by atoms with E-state index in [1.807, 2.05) is 51.3 Å². The highest BCUT2D eigenvalue weighted by molar-refractivity contribution is 6.10. The van der Waals surface area contributed by atoms with Gasteiger partial charge in [-0.2, -0.15) is 5.26 Å². The summed E-state index contributed by atoms with van der Waals surface area (Å²) in [4.78, 5) is 16.3. The molecule has 0 bridgehead atoms. The number of nitrogen functional groups attached to an aromatic ring is 1. The van der Waals surface area contributed by atoms with Crippen LogP contribution in [0.3, 0.4) is 0 Å². The second-order valence-corrected chi connectivity index (χ2v) is 6.34. The molecule has 2 aromatic heterocycles. The van der Waals surface area contributed by atoms with Gasteiger partial charge in [-0.3, -0.25) is 4.79 Å². The first-order chi connectivity index (χ1) is 13.8. The van der Waals surface area contributed by atoms with Crippen LogP contribution in [-0.4, -0.2) is 22.6 Å². The van der Waals surface area contributed by atoms with Gasteiger partial charge in [-0.1, -0.05) is 26.0 Å². The van der Waals surface area contributed by atoms with Crippen LogP contribution in [0.2, 0.25) is 0 Å². The molecule has 3 rings (SSSR count). The number of fused-ring (bicyclic) bond motifs is 1. The number of carbonyl (C=O) groups excluding carboxylic acids is 1. The molecule has 152 valence electrons. The van der Waals surface area contributed by atoms with Gasteiger partial charge in [0.05, 0.1) is 18.4 Å². The maximum absolute atomic E-state index is 12.0. The van der Waals surface area contributed by atoms with Crippen molar-refractivity contribution in [3.63, 3.8) is 0 Å². The van der Waals surface area contributed by atoms with E-state index in [2.05, 4.69) is 11.1 Å². The molecule has 0 saturated heterocycles. The number of ether oxygens (including phenoxy) is 1. The number of anilines is 1. The molecule has 0 aliphatic heterocycles. The molecule has 4 N–H and O–H groups in total. The number of nitriles is 1. The van der Waals surface area contributed by atoms with E-state index in [-0.39, 0.29) is 11.4 Å². The lowest BCUT2D eigenvalue weighted by Crippen LogP contribution is -2.17. The minimum absolute atomic E-state index is 0.00580. The molecule has 1 amide bonds. The summed E-state index contributed by atoms with van der Waals surface area (Å²) in [6, 6.07) is 6.03. The molecule has 0 spiro atoms. The second kappa shape index (κ2) is 8.65. The van der Waals surface area contributed by atoms with Crippen LogP contribution in [0.1, 0.15) is 48.0 Å². The van der Waals surface area contributed by atoms with Gasteiger partial charge < -0.3 is 20.8 Å². The van der Waals surface area contributed by atoms with Gasteiger partial charge in [-0.05, 0) is 37.5 Å². The van der Waals surface area contributed by atoms with Crippen LogP contribution in [0.4, 0.5) is 5.69 Å². The van der Waals surface area contributed by atoms with Crippen molar-refractivity contribution in [1.82, 2.24) is 9.55 Å². The summed E-state index contributed by atoms with van der Waals surface area (Å²) in [7, 11) is 1.60. The summed E-state index contributed by atoms with van der Waals surface area (Å²) >= 11 is 0. The van der Waals surface area contributed by atoms with E-state index < -0.39 is 5.91 Å². The number of aromatic nitrogens is 2. The van der Waals surface area contributed by atoms with Crippen molar-refractivity contribution in [2.45, 2.75) is 41.2 Å². The van der Waals surface area contributed by atoms with Crippen LogP contribution in [0, 0.1) is 25.2 Å². The fraction of sp³-hybridized carbons (Fsp3) is 0.318. The molecular formula is C22H27N5O2. The predicted octanol–water partition coefficient (Wildman–Crippen LogP) is 3.93. The van der Waals surface area contributed by atoms with E-state index >= 15 is 0 Å². The summed E-state index contributed by atoms with van der Waals surface area (Å²) in [5.74, 6) is 0.0145. The van der Waals surface area contributed by atoms with E-state index in [1.54, 1.807) is 13.3 Å². The van der Waals surface area contributed by atoms with E-state index in [1.165, 1.54) is 0 Å². The molecule has 7 nitrogen and oxygen atoms in total. The minimum Gasteiger partial charge on any atom is -0.496 e. The van der Waals surface area contributed by atoms with Crippen molar-refractivity contribution in [3.05, 3.63) is 40.7 Å². The number of pyridine rings is 1. The molecule has 0 radical (unpaired) electrons. The average molecular weight is 393 g/mol. The van der Waals surface area contributed by atoms with Gasteiger partial charge in [-0.25, -0.2) is 4.98 Å². The average Bonchev–Trinajstić information content (AvgIpc) is 3.07. The SMILES string of the molecule is CC.CCn1cc(C#N)c2c(-c3ccc(C)c(OC)c3C)c(N)c(C(N)=O)nc21. The number of hydrogen-bond donors (Lipinski definition) is 2. The Kier molecular flexibility index (Phi) is 6.49. The zero-order chi connectivity index (χ0) is 21.9. The van der Waals surface area contributed by atoms with Gasteiger partial charge in [0.2, 0.25) is 0 Å². The topological polar surface area (TPSA) is 120 Å². The van der Waals surface area contributed by atoms with Gasteiger partial charge in [0.25, 0.3) is 5.91 Å². The molecule has 29 heavy (non-hydrogen) atoms. The molecule has 0 atom stereocenters. The maximum atomic E-state index is 12.0. The van der Waals surface area contributed by atoms with E-state index in [4.69, 9.17) is 16.2 Å². The first-order valence-electron chi connectivity index (χ1n) is 9.52. The third-order valence-corrected chi connectivity index (χ3v) is 4.81. The standard InChI is InChI=1S/C20H21N5O2.C2H6/c1-5-25-9-12(8-21)14-15(16(22)17(19(23)26)24-20(14)25)13-7-6-10(2)18(27-4)11(13)3;1-2/h6-7,9H,5,22H2,1-4H3,(H2,23,26);1-2H3. The zero-order valence-electron chi connectivity index (χ0n) is 17.8. The maximum Gasteiger partial charge on any atom is 0.269 e. The van der Waals surface area contributed by atoms with Crippen molar-refractivity contribution in [3.8, 4) is 22.9 Å². The molecule has 2 heterocycles. The minimum atomic E-state index is -0.713. The highest BCUT2D eigenvalue weighted by Crippen LogP contribution is 2.41. The monoisotopic (exact) mass is 393 g/mol. The molecule has 0 unspecified atom stereocenters. The zero-order valence-corrected chi connectivity index (χ0v) is 17.8. The number of methoxy groups -OCH3 is 1. The van der Waals surface area contributed by atoms with E-state index in [0.29, 0.717) is 28.7 Å². The Labute approximate surface area is 170 Å². The van der Waals surface area contributed by atoms with Crippen molar-refractivity contribution in [2.24, 2.45) is 5.73 Å². The lowest BCUT2D eigenvalue weighted by molar-refractivity contribution is 0.0997. The predicted molar refractivity (Wildman–Crippen MR) is 116 cm³/mol. The number of primary amides is 1. The van der Waals surface area contributed by atoms with Crippen LogP contribution in [0.15, 0.2) is 18.3 Å². The molecule has 0 saturated carbocycles. The lowest BCUT2D eigenvalue weighted by atomic mass is 9.93. The fourth-order valence-electron chi connectivity index (χ4n) is 3.54. The highest BCUT2D eigenvalue weighted by Gasteiger charge is 2.24. The Morgan fingerprint density at radius 1 is 1.31 bits per heavy atom. The first kappa shape index (κ1) is 21.8. The molecule has 3 aromatic rings. The Hall–Kier alpha value is -3.53. The van der Waals surface area contributed by atoms with Gasteiger partial charge >= 0.3 is 0 Å². The highest BCUT2D eigenvalue weighted by atomic mass is 16.5.